The molecule has 20 heteroatoms. The van der Waals surface area contributed by atoms with Gasteiger partial charge in [0.25, 0.3) is 23.6 Å². The molecule has 0 spiro atoms. The first-order chi connectivity index (χ1) is 26.8. The standard InChI is InChI=1S/C19H20N2O5.C18H17F3N2O7S/c1-11(22)14-8-9-15-17(19(25)21(15)18(14)12(2)23)20-16(24)10-26-13-6-4-3-5-7-13;1-10(24)16-13(30-31(27,28)18(19,20)21)8-7-12-15(17(26)23(12)16)22-14(25)9-29-11-5-3-2-4-6-11/h3-7,15,17H,8-10H2,1-2H3,(H,20,24);2-6,12,15H,7-9H2,1H3,(H,22,25)/t15?,17-;12?,15-/m00/s1. The Bertz CT molecular complexity index is 2140. The molecule has 304 valence electrons. The molecule has 0 aromatic heterocycles. The van der Waals surface area contributed by atoms with Crippen LogP contribution in [0.5, 0.6) is 11.5 Å². The van der Waals surface area contributed by atoms with Crippen LogP contribution in [0.15, 0.2) is 83.4 Å². The van der Waals surface area contributed by atoms with Crippen LogP contribution in [0.25, 0.3) is 0 Å². The highest BCUT2D eigenvalue weighted by molar-refractivity contribution is 7.87. The maximum absolute atomic E-state index is 12.6. The molecule has 2 fully saturated rings. The number of ether oxygens (including phenoxy) is 2. The molecule has 0 radical (unpaired) electrons. The zero-order valence-corrected chi connectivity index (χ0v) is 31.5. The summed E-state index contributed by atoms with van der Waals surface area (Å²) in [5.41, 5.74) is -5.70. The zero-order chi connectivity index (χ0) is 41.8. The third-order valence-corrected chi connectivity index (χ3v) is 10.3. The average molecular weight is 819 g/mol. The average Bonchev–Trinajstić information content (AvgIpc) is 3.16. The first kappa shape index (κ1) is 42.1. The topological polar surface area (TPSA) is 212 Å². The van der Waals surface area contributed by atoms with E-state index in [1.54, 1.807) is 54.6 Å². The number of carbonyl (C=O) groups is 7. The molecule has 0 saturated carbocycles. The SMILES string of the molecule is CC(=O)C1=C(C(C)=O)N2C(=O)[C@@H](NC(=O)COc3ccccc3)C2CC1.CC(=O)C1=C(OS(=O)(=O)C(F)(F)F)CCC2[C@H](NC(=O)COc3ccccc3)C(=O)N12. The van der Waals surface area contributed by atoms with E-state index in [-0.39, 0.29) is 55.3 Å². The lowest BCUT2D eigenvalue weighted by atomic mass is 9.82. The zero-order valence-electron chi connectivity index (χ0n) is 30.7. The molecule has 0 aliphatic carbocycles. The molecule has 2 aromatic carbocycles. The quantitative estimate of drug-likeness (QED) is 0.169. The van der Waals surface area contributed by atoms with Crippen LogP contribution in [-0.2, 0) is 47.9 Å². The normalized spacial score (nSPS) is 21.4. The molecule has 4 atom stereocenters. The minimum absolute atomic E-state index is 0.0181. The Kier molecular flexibility index (Phi) is 12.5. The summed E-state index contributed by atoms with van der Waals surface area (Å²) in [6, 6.07) is 14.6. The highest BCUT2D eigenvalue weighted by Crippen LogP contribution is 2.40. The van der Waals surface area contributed by atoms with Gasteiger partial charge in [0.05, 0.1) is 17.8 Å². The van der Waals surface area contributed by atoms with Crippen molar-refractivity contribution in [1.29, 1.82) is 0 Å². The van der Waals surface area contributed by atoms with Gasteiger partial charge in [0.1, 0.15) is 35.0 Å². The first-order valence-electron chi connectivity index (χ1n) is 17.4. The number of benzene rings is 2. The molecule has 6 rings (SSSR count). The monoisotopic (exact) mass is 818 g/mol. The number of para-hydroxylation sites is 2. The Hall–Kier alpha value is -6.05. The molecule has 4 aliphatic rings. The lowest BCUT2D eigenvalue weighted by Crippen LogP contribution is -2.72. The van der Waals surface area contributed by atoms with Crippen molar-refractivity contribution in [3.8, 4) is 11.5 Å². The van der Waals surface area contributed by atoms with Crippen molar-refractivity contribution < 1.29 is 68.8 Å². The van der Waals surface area contributed by atoms with Crippen molar-refractivity contribution in [2.45, 2.75) is 76.1 Å². The van der Waals surface area contributed by atoms with Gasteiger partial charge in [-0.3, -0.25) is 38.5 Å². The number of amides is 4. The number of β-lactam (4-membered cyclic amide) rings is 2. The molecule has 4 heterocycles. The van der Waals surface area contributed by atoms with E-state index in [0.717, 1.165) is 11.8 Å². The van der Waals surface area contributed by atoms with Crippen molar-refractivity contribution in [2.75, 3.05) is 13.2 Å². The van der Waals surface area contributed by atoms with E-state index in [1.807, 2.05) is 6.07 Å². The Morgan fingerprint density at radius 2 is 1.11 bits per heavy atom. The fourth-order valence-electron chi connectivity index (χ4n) is 6.75. The van der Waals surface area contributed by atoms with Gasteiger partial charge >= 0.3 is 15.6 Å². The summed E-state index contributed by atoms with van der Waals surface area (Å²) < 4.78 is 75.3. The van der Waals surface area contributed by atoms with Crippen molar-refractivity contribution in [3.63, 3.8) is 0 Å². The molecule has 2 N–H and O–H groups in total. The highest BCUT2D eigenvalue weighted by atomic mass is 32.2. The Morgan fingerprint density at radius 1 is 0.684 bits per heavy atom. The lowest BCUT2D eigenvalue weighted by molar-refractivity contribution is -0.153. The molecule has 0 bridgehead atoms. The minimum atomic E-state index is -6.00. The number of hydrogen-bond donors (Lipinski definition) is 2. The van der Waals surface area contributed by atoms with Crippen LogP contribution in [0.2, 0.25) is 0 Å². The Morgan fingerprint density at radius 3 is 1.51 bits per heavy atom. The van der Waals surface area contributed by atoms with Gasteiger partial charge in [-0.2, -0.15) is 21.6 Å². The summed E-state index contributed by atoms with van der Waals surface area (Å²) in [4.78, 5) is 87.0. The number of alkyl halides is 3. The summed E-state index contributed by atoms with van der Waals surface area (Å²) >= 11 is 0. The molecule has 2 unspecified atom stereocenters. The summed E-state index contributed by atoms with van der Waals surface area (Å²) in [5, 5.41) is 5.12. The van der Waals surface area contributed by atoms with Gasteiger partial charge < -0.3 is 29.2 Å². The second-order valence-corrected chi connectivity index (χ2v) is 14.7. The van der Waals surface area contributed by atoms with Gasteiger partial charge in [-0.15, -0.1) is 0 Å². The third kappa shape index (κ3) is 9.16. The van der Waals surface area contributed by atoms with Gasteiger partial charge in [0, 0.05) is 25.8 Å². The third-order valence-electron chi connectivity index (χ3n) is 9.27. The largest absolute Gasteiger partial charge is 0.534 e. The van der Waals surface area contributed by atoms with E-state index in [9.17, 15) is 55.2 Å². The van der Waals surface area contributed by atoms with Crippen LogP contribution >= 0.6 is 0 Å². The van der Waals surface area contributed by atoms with E-state index in [4.69, 9.17) is 9.47 Å². The number of ketones is 3. The fraction of sp³-hybridized carbons (Fsp3) is 0.378. The minimum Gasteiger partial charge on any atom is -0.484 e. The van der Waals surface area contributed by atoms with E-state index in [1.165, 1.54) is 18.7 Å². The molecular formula is C37H37F3N4O12S. The van der Waals surface area contributed by atoms with Crippen molar-refractivity contribution >= 4 is 51.1 Å². The van der Waals surface area contributed by atoms with Gasteiger partial charge in [-0.25, -0.2) is 0 Å². The molecule has 4 aliphatic heterocycles. The Labute approximate surface area is 324 Å². The summed E-state index contributed by atoms with van der Waals surface area (Å²) in [7, 11) is -6.00. The summed E-state index contributed by atoms with van der Waals surface area (Å²) in [6.45, 7) is 3.12. The number of rotatable bonds is 13. The fourth-order valence-corrected chi connectivity index (χ4v) is 7.27. The summed E-state index contributed by atoms with van der Waals surface area (Å²) in [6.07, 6.45) is 0.592. The van der Waals surface area contributed by atoms with E-state index in [2.05, 4.69) is 14.8 Å². The maximum atomic E-state index is 12.6. The van der Waals surface area contributed by atoms with Crippen molar-refractivity contribution in [3.05, 3.63) is 83.4 Å². The molecule has 4 amide bonds. The van der Waals surface area contributed by atoms with Crippen molar-refractivity contribution in [1.82, 2.24) is 20.4 Å². The van der Waals surface area contributed by atoms with Crippen LogP contribution in [0.1, 0.15) is 46.5 Å². The maximum Gasteiger partial charge on any atom is 0.534 e. The number of nitrogens with zero attached hydrogens (tertiary/aromatic N) is 2. The molecular weight excluding hydrogens is 781 g/mol. The van der Waals surface area contributed by atoms with Crippen molar-refractivity contribution in [2.24, 2.45) is 0 Å². The lowest BCUT2D eigenvalue weighted by Gasteiger charge is -2.50. The molecule has 57 heavy (non-hydrogen) atoms. The molecule has 16 nitrogen and oxygen atoms in total. The second-order valence-electron chi connectivity index (χ2n) is 13.2. The number of carbonyl (C=O) groups excluding carboxylic acids is 7. The van der Waals surface area contributed by atoms with E-state index in [0.29, 0.717) is 29.9 Å². The number of fused-ring (bicyclic) bond motifs is 2. The smallest absolute Gasteiger partial charge is 0.484 e. The number of hydrogen-bond acceptors (Lipinski definition) is 12. The summed E-state index contributed by atoms with van der Waals surface area (Å²) in [5.74, 6) is -3.28. The first-order valence-corrected chi connectivity index (χ1v) is 18.8. The predicted molar refractivity (Wildman–Crippen MR) is 190 cm³/mol. The number of nitrogens with one attached hydrogen (secondary N) is 2. The number of halogens is 3. The number of allylic oxidation sites excluding steroid dienone is 4. The molecule has 2 aromatic rings. The van der Waals surface area contributed by atoms with Crippen LogP contribution in [0, 0.1) is 0 Å². The van der Waals surface area contributed by atoms with Crippen LogP contribution < -0.4 is 20.1 Å². The predicted octanol–water partition coefficient (Wildman–Crippen LogP) is 2.21. The molecule has 2 saturated heterocycles. The Balaban J connectivity index is 0.000000221. The van der Waals surface area contributed by atoms with Gasteiger partial charge in [0.2, 0.25) is 0 Å². The highest BCUT2D eigenvalue weighted by Gasteiger charge is 2.56. The van der Waals surface area contributed by atoms with Crippen LogP contribution in [-0.4, -0.2) is 102 Å². The van der Waals surface area contributed by atoms with Crippen LogP contribution in [0.3, 0.4) is 0 Å². The van der Waals surface area contributed by atoms with Gasteiger partial charge in [-0.05, 0) is 50.5 Å². The van der Waals surface area contributed by atoms with E-state index >= 15 is 0 Å². The van der Waals surface area contributed by atoms with E-state index < -0.39 is 68.7 Å². The van der Waals surface area contributed by atoms with Gasteiger partial charge in [0.15, 0.2) is 30.6 Å². The number of Topliss-reactive ketones (excluding diaryl/α,β-unsaturated/α-hetero) is 3. The van der Waals surface area contributed by atoms with Crippen LogP contribution in [0.4, 0.5) is 13.2 Å². The van der Waals surface area contributed by atoms with Gasteiger partial charge in [-0.1, -0.05) is 36.4 Å². The second kappa shape index (κ2) is 17.0.